The molecule has 2 heterocycles. The second-order valence-electron chi connectivity index (χ2n) is 6.87. The number of aryl methyl sites for hydroxylation is 1. The molecule has 7 nitrogen and oxygen atoms in total. The standard InChI is InChI=1S/C23H22N4O3S/c1-16-9-11-17(12-10-16)24-21(28)15-31-23-26-25-22(19-7-3-4-8-20(19)29-2)27(23)14-18-6-5-13-30-18/h3-13H,14-15H2,1-2H3,(H,24,28). The quantitative estimate of drug-likeness (QED) is 0.407. The Labute approximate surface area is 184 Å². The molecule has 0 fully saturated rings. The summed E-state index contributed by atoms with van der Waals surface area (Å²) in [6.07, 6.45) is 1.63. The third kappa shape index (κ3) is 4.97. The lowest BCUT2D eigenvalue weighted by Crippen LogP contribution is -2.14. The van der Waals surface area contributed by atoms with Crippen molar-refractivity contribution in [1.82, 2.24) is 14.8 Å². The van der Waals surface area contributed by atoms with Gasteiger partial charge in [-0.3, -0.25) is 9.36 Å². The van der Waals surface area contributed by atoms with Gasteiger partial charge < -0.3 is 14.5 Å². The molecule has 31 heavy (non-hydrogen) atoms. The number of hydrogen-bond acceptors (Lipinski definition) is 6. The van der Waals surface area contributed by atoms with Crippen molar-refractivity contribution in [2.45, 2.75) is 18.6 Å². The summed E-state index contributed by atoms with van der Waals surface area (Å²) in [7, 11) is 1.62. The molecular weight excluding hydrogens is 412 g/mol. The van der Waals surface area contributed by atoms with Gasteiger partial charge in [0.1, 0.15) is 11.5 Å². The normalized spacial score (nSPS) is 10.8. The third-order valence-electron chi connectivity index (χ3n) is 4.63. The van der Waals surface area contributed by atoms with E-state index >= 15 is 0 Å². The number of amides is 1. The summed E-state index contributed by atoms with van der Waals surface area (Å²) in [4.78, 5) is 12.4. The summed E-state index contributed by atoms with van der Waals surface area (Å²) in [5.41, 5.74) is 2.73. The largest absolute Gasteiger partial charge is 0.496 e. The molecule has 0 saturated heterocycles. The lowest BCUT2D eigenvalue weighted by atomic mass is 10.2. The smallest absolute Gasteiger partial charge is 0.234 e. The van der Waals surface area contributed by atoms with E-state index in [2.05, 4.69) is 15.5 Å². The minimum Gasteiger partial charge on any atom is -0.496 e. The van der Waals surface area contributed by atoms with Gasteiger partial charge in [-0.2, -0.15) is 0 Å². The highest BCUT2D eigenvalue weighted by atomic mass is 32.2. The lowest BCUT2D eigenvalue weighted by Gasteiger charge is -2.11. The van der Waals surface area contributed by atoms with E-state index in [0.717, 1.165) is 22.6 Å². The first-order valence-electron chi connectivity index (χ1n) is 9.72. The maximum atomic E-state index is 12.4. The van der Waals surface area contributed by atoms with Gasteiger partial charge >= 0.3 is 0 Å². The minimum absolute atomic E-state index is 0.111. The lowest BCUT2D eigenvalue weighted by molar-refractivity contribution is -0.113. The van der Waals surface area contributed by atoms with Crippen LogP contribution in [-0.4, -0.2) is 33.5 Å². The number of ether oxygens (including phenoxy) is 1. The average Bonchev–Trinajstić information content (AvgIpc) is 3.44. The number of hydrogen-bond donors (Lipinski definition) is 1. The van der Waals surface area contributed by atoms with Crippen LogP contribution in [0, 0.1) is 6.92 Å². The molecule has 158 valence electrons. The molecule has 4 rings (SSSR count). The summed E-state index contributed by atoms with van der Waals surface area (Å²) in [6, 6.07) is 19.1. The summed E-state index contributed by atoms with van der Waals surface area (Å²) < 4.78 is 13.0. The fourth-order valence-electron chi connectivity index (χ4n) is 3.09. The van der Waals surface area contributed by atoms with Crippen molar-refractivity contribution in [2.75, 3.05) is 18.2 Å². The number of nitrogens with one attached hydrogen (secondary N) is 1. The Balaban J connectivity index is 1.56. The molecule has 0 saturated carbocycles. The van der Waals surface area contributed by atoms with Crippen molar-refractivity contribution < 1.29 is 13.9 Å². The van der Waals surface area contributed by atoms with E-state index in [0.29, 0.717) is 23.3 Å². The van der Waals surface area contributed by atoms with E-state index < -0.39 is 0 Å². The monoisotopic (exact) mass is 434 g/mol. The van der Waals surface area contributed by atoms with Crippen molar-refractivity contribution in [1.29, 1.82) is 0 Å². The number of benzene rings is 2. The summed E-state index contributed by atoms with van der Waals surface area (Å²) in [5, 5.41) is 12.3. The first kappa shape index (κ1) is 20.7. The number of carbonyl (C=O) groups is 1. The Morgan fingerprint density at radius 2 is 1.90 bits per heavy atom. The van der Waals surface area contributed by atoms with Gasteiger partial charge in [-0.1, -0.05) is 41.6 Å². The van der Waals surface area contributed by atoms with E-state index in [4.69, 9.17) is 9.15 Å². The fraction of sp³-hybridized carbons (Fsp3) is 0.174. The van der Waals surface area contributed by atoms with Gasteiger partial charge in [-0.25, -0.2) is 0 Å². The number of furan rings is 1. The van der Waals surface area contributed by atoms with Gasteiger partial charge in [0.25, 0.3) is 0 Å². The summed E-state index contributed by atoms with van der Waals surface area (Å²) in [6.45, 7) is 2.45. The van der Waals surface area contributed by atoms with Crippen LogP contribution in [0.5, 0.6) is 5.75 Å². The molecule has 0 aliphatic carbocycles. The van der Waals surface area contributed by atoms with Gasteiger partial charge in [-0.05, 0) is 43.3 Å². The van der Waals surface area contributed by atoms with E-state index in [1.54, 1.807) is 13.4 Å². The van der Waals surface area contributed by atoms with E-state index in [-0.39, 0.29) is 11.7 Å². The molecule has 2 aromatic carbocycles. The van der Waals surface area contributed by atoms with Gasteiger partial charge in [0.15, 0.2) is 11.0 Å². The molecule has 8 heteroatoms. The SMILES string of the molecule is COc1ccccc1-c1nnc(SCC(=O)Nc2ccc(C)cc2)n1Cc1ccco1. The molecule has 0 bridgehead atoms. The molecule has 0 atom stereocenters. The topological polar surface area (TPSA) is 82.2 Å². The van der Waals surface area contributed by atoms with Crippen molar-refractivity contribution in [3.8, 4) is 17.1 Å². The number of anilines is 1. The van der Waals surface area contributed by atoms with Gasteiger partial charge in [-0.15, -0.1) is 10.2 Å². The molecule has 0 aliphatic rings. The number of rotatable bonds is 8. The second-order valence-corrected chi connectivity index (χ2v) is 7.82. The number of thioether (sulfide) groups is 1. The van der Waals surface area contributed by atoms with Gasteiger partial charge in [0, 0.05) is 5.69 Å². The number of para-hydroxylation sites is 1. The van der Waals surface area contributed by atoms with Gasteiger partial charge in [0.2, 0.25) is 5.91 Å². The molecule has 0 unspecified atom stereocenters. The first-order chi connectivity index (χ1) is 15.1. The van der Waals surface area contributed by atoms with Crippen molar-refractivity contribution >= 4 is 23.4 Å². The number of aromatic nitrogens is 3. The fourth-order valence-corrected chi connectivity index (χ4v) is 3.83. The van der Waals surface area contributed by atoms with Crippen LogP contribution in [0.15, 0.2) is 76.5 Å². The number of nitrogens with zero attached hydrogens (tertiary/aromatic N) is 3. The predicted molar refractivity (Wildman–Crippen MR) is 120 cm³/mol. The summed E-state index contributed by atoms with van der Waals surface area (Å²) in [5.74, 6) is 2.21. The molecule has 1 amide bonds. The average molecular weight is 435 g/mol. The van der Waals surface area contributed by atoms with E-state index in [9.17, 15) is 4.79 Å². The van der Waals surface area contributed by atoms with Crippen LogP contribution in [-0.2, 0) is 11.3 Å². The zero-order valence-corrected chi connectivity index (χ0v) is 18.1. The maximum absolute atomic E-state index is 12.4. The molecule has 2 aromatic heterocycles. The Morgan fingerprint density at radius 3 is 2.65 bits per heavy atom. The van der Waals surface area contributed by atoms with E-state index in [1.165, 1.54) is 11.8 Å². The van der Waals surface area contributed by atoms with Crippen LogP contribution in [0.1, 0.15) is 11.3 Å². The second kappa shape index (κ2) is 9.53. The van der Waals surface area contributed by atoms with Crippen LogP contribution in [0.4, 0.5) is 5.69 Å². The summed E-state index contributed by atoms with van der Waals surface area (Å²) >= 11 is 1.32. The highest BCUT2D eigenvalue weighted by Crippen LogP contribution is 2.31. The molecule has 0 radical (unpaired) electrons. The van der Waals surface area contributed by atoms with Crippen molar-refractivity contribution in [3.63, 3.8) is 0 Å². The molecule has 1 N–H and O–H groups in total. The van der Waals surface area contributed by atoms with Crippen LogP contribution < -0.4 is 10.1 Å². The highest BCUT2D eigenvalue weighted by Gasteiger charge is 2.19. The minimum atomic E-state index is -0.111. The first-order valence-corrected chi connectivity index (χ1v) is 10.7. The Hall–Kier alpha value is -3.52. The van der Waals surface area contributed by atoms with Gasteiger partial charge in [0.05, 0.1) is 31.2 Å². The third-order valence-corrected chi connectivity index (χ3v) is 5.59. The molecule has 0 aliphatic heterocycles. The van der Waals surface area contributed by atoms with Crippen LogP contribution in [0.2, 0.25) is 0 Å². The predicted octanol–water partition coefficient (Wildman–Crippen LogP) is 4.63. The number of methoxy groups -OCH3 is 1. The Morgan fingerprint density at radius 1 is 1.10 bits per heavy atom. The zero-order valence-electron chi connectivity index (χ0n) is 17.2. The zero-order chi connectivity index (χ0) is 21.6. The van der Waals surface area contributed by atoms with Crippen LogP contribution in [0.25, 0.3) is 11.4 Å². The Kier molecular flexibility index (Phi) is 6.37. The maximum Gasteiger partial charge on any atom is 0.234 e. The molecule has 0 spiro atoms. The van der Waals surface area contributed by atoms with Crippen molar-refractivity contribution in [2.24, 2.45) is 0 Å². The van der Waals surface area contributed by atoms with Crippen molar-refractivity contribution in [3.05, 3.63) is 78.3 Å². The Bertz CT molecular complexity index is 1150. The highest BCUT2D eigenvalue weighted by molar-refractivity contribution is 7.99. The van der Waals surface area contributed by atoms with Crippen LogP contribution in [0.3, 0.4) is 0 Å². The van der Waals surface area contributed by atoms with E-state index in [1.807, 2.05) is 72.2 Å². The molecule has 4 aromatic rings. The molecular formula is C23H22N4O3S. The van der Waals surface area contributed by atoms with Crippen LogP contribution >= 0.6 is 11.8 Å². The number of carbonyl (C=O) groups excluding carboxylic acids is 1.